The summed E-state index contributed by atoms with van der Waals surface area (Å²) in [5.74, 6) is 1.56. The molecule has 4 nitrogen and oxygen atoms in total. The molecule has 2 bridgehead atoms. The number of pyridine rings is 1. The van der Waals surface area contributed by atoms with Crippen molar-refractivity contribution in [3.05, 3.63) is 23.9 Å². The largest absolute Gasteiger partial charge is 0.433 e. The average molecular weight is 353 g/mol. The highest BCUT2D eigenvalue weighted by Gasteiger charge is 2.41. The molecule has 1 aromatic rings. The molecular weight excluding hydrogens is 331 g/mol. The second-order valence-corrected chi connectivity index (χ2v) is 7.60. The van der Waals surface area contributed by atoms with Crippen molar-refractivity contribution >= 4 is 11.7 Å². The van der Waals surface area contributed by atoms with Crippen LogP contribution < -0.4 is 10.2 Å². The Morgan fingerprint density at radius 1 is 1.20 bits per heavy atom. The summed E-state index contributed by atoms with van der Waals surface area (Å²) in [4.78, 5) is 18.0. The lowest BCUT2D eigenvalue weighted by atomic mass is 9.94. The minimum Gasteiger partial charge on any atom is -0.356 e. The Labute approximate surface area is 144 Å². The van der Waals surface area contributed by atoms with Crippen LogP contribution in [-0.4, -0.2) is 30.0 Å². The van der Waals surface area contributed by atoms with Crippen molar-refractivity contribution in [1.29, 1.82) is 0 Å². The van der Waals surface area contributed by atoms with E-state index in [1.165, 1.54) is 25.3 Å². The Morgan fingerprint density at radius 2 is 2.04 bits per heavy atom. The number of aromatic nitrogens is 1. The predicted molar refractivity (Wildman–Crippen MR) is 86.9 cm³/mol. The van der Waals surface area contributed by atoms with Crippen LogP contribution in [0.2, 0.25) is 0 Å². The molecule has 0 radical (unpaired) electrons. The fraction of sp³-hybridized carbons (Fsp3) is 0.667. The van der Waals surface area contributed by atoms with Crippen molar-refractivity contribution in [3.63, 3.8) is 0 Å². The SMILES string of the molecule is O=C(N[C@@H]1C[C@@H]2CC[C@H]1C2)[C@H]1CCN(c2cccc(C(F)(F)F)n2)C1. The molecule has 136 valence electrons. The maximum Gasteiger partial charge on any atom is 0.433 e. The van der Waals surface area contributed by atoms with E-state index >= 15 is 0 Å². The highest BCUT2D eigenvalue weighted by Crippen LogP contribution is 2.44. The van der Waals surface area contributed by atoms with Crippen LogP contribution in [0.25, 0.3) is 0 Å². The van der Waals surface area contributed by atoms with E-state index in [0.717, 1.165) is 18.4 Å². The zero-order valence-electron chi connectivity index (χ0n) is 13.9. The minimum absolute atomic E-state index is 0.0482. The summed E-state index contributed by atoms with van der Waals surface area (Å²) >= 11 is 0. The first-order valence-electron chi connectivity index (χ1n) is 9.00. The van der Waals surface area contributed by atoms with Gasteiger partial charge in [0.05, 0.1) is 5.92 Å². The van der Waals surface area contributed by atoms with E-state index in [1.54, 1.807) is 11.0 Å². The van der Waals surface area contributed by atoms with Crippen molar-refractivity contribution in [3.8, 4) is 0 Å². The number of rotatable bonds is 3. The summed E-state index contributed by atoms with van der Waals surface area (Å²) in [6.45, 7) is 0.990. The normalized spacial score (nSPS) is 31.6. The second-order valence-electron chi connectivity index (χ2n) is 7.60. The maximum atomic E-state index is 12.8. The lowest BCUT2D eigenvalue weighted by Crippen LogP contribution is -2.42. The summed E-state index contributed by atoms with van der Waals surface area (Å²) in [5, 5.41) is 3.19. The topological polar surface area (TPSA) is 45.2 Å². The zero-order chi connectivity index (χ0) is 17.6. The minimum atomic E-state index is -4.45. The van der Waals surface area contributed by atoms with Crippen LogP contribution in [0, 0.1) is 17.8 Å². The van der Waals surface area contributed by atoms with Gasteiger partial charge in [-0.25, -0.2) is 4.98 Å². The van der Waals surface area contributed by atoms with Gasteiger partial charge in [0.15, 0.2) is 0 Å². The molecule has 1 aliphatic heterocycles. The van der Waals surface area contributed by atoms with Crippen molar-refractivity contribution in [1.82, 2.24) is 10.3 Å². The Bertz CT molecular complexity index is 663. The van der Waals surface area contributed by atoms with E-state index in [2.05, 4.69) is 10.3 Å². The first-order chi connectivity index (χ1) is 11.9. The number of halogens is 3. The van der Waals surface area contributed by atoms with Gasteiger partial charge in [-0.15, -0.1) is 0 Å². The van der Waals surface area contributed by atoms with Crippen molar-refractivity contribution in [2.45, 2.75) is 44.3 Å². The Morgan fingerprint density at radius 3 is 2.72 bits per heavy atom. The maximum absolute atomic E-state index is 12.8. The third kappa shape index (κ3) is 3.33. The Kier molecular flexibility index (Phi) is 4.12. The molecule has 7 heteroatoms. The number of nitrogens with one attached hydrogen (secondary N) is 1. The monoisotopic (exact) mass is 353 g/mol. The summed E-state index contributed by atoms with van der Waals surface area (Å²) in [5.41, 5.74) is -0.889. The number of alkyl halides is 3. The summed E-state index contributed by atoms with van der Waals surface area (Å²) in [7, 11) is 0. The zero-order valence-corrected chi connectivity index (χ0v) is 13.9. The molecule has 1 aromatic heterocycles. The fourth-order valence-electron chi connectivity index (χ4n) is 4.66. The first kappa shape index (κ1) is 16.7. The number of amides is 1. The Hall–Kier alpha value is -1.79. The Balaban J connectivity index is 1.37. The van der Waals surface area contributed by atoms with Gasteiger partial charge in [-0.1, -0.05) is 12.5 Å². The van der Waals surface area contributed by atoms with Gasteiger partial charge < -0.3 is 10.2 Å². The molecule has 3 fully saturated rings. The van der Waals surface area contributed by atoms with E-state index in [-0.39, 0.29) is 11.8 Å². The molecular formula is C18H22F3N3O. The van der Waals surface area contributed by atoms with Gasteiger partial charge in [0.25, 0.3) is 0 Å². The summed E-state index contributed by atoms with van der Waals surface area (Å²) < 4.78 is 38.4. The molecule has 2 aliphatic carbocycles. The number of carbonyl (C=O) groups is 1. The van der Waals surface area contributed by atoms with E-state index in [9.17, 15) is 18.0 Å². The second kappa shape index (κ2) is 6.18. The average Bonchev–Trinajstić information content (AvgIpc) is 3.30. The number of hydrogen-bond donors (Lipinski definition) is 1. The number of anilines is 1. The van der Waals surface area contributed by atoms with Crippen LogP contribution in [0.5, 0.6) is 0 Å². The van der Waals surface area contributed by atoms with Crippen LogP contribution in [0.15, 0.2) is 18.2 Å². The van der Waals surface area contributed by atoms with Crippen molar-refractivity contribution in [2.75, 3.05) is 18.0 Å². The molecule has 1 saturated heterocycles. The van der Waals surface area contributed by atoms with Gasteiger partial charge in [-0.2, -0.15) is 13.2 Å². The van der Waals surface area contributed by atoms with Gasteiger partial charge >= 0.3 is 6.18 Å². The smallest absolute Gasteiger partial charge is 0.356 e. The summed E-state index contributed by atoms with van der Waals surface area (Å²) in [6.07, 6.45) is 1.02. The van der Waals surface area contributed by atoms with Gasteiger partial charge in [0, 0.05) is 19.1 Å². The van der Waals surface area contributed by atoms with E-state index in [0.29, 0.717) is 37.3 Å². The molecule has 0 aromatic carbocycles. The standard InChI is InChI=1S/C18H22F3N3O/c19-18(20,21)15-2-1-3-16(23-15)24-7-6-13(10-24)17(25)22-14-9-11-4-5-12(14)8-11/h1-3,11-14H,4-10H2,(H,22,25)/t11-,12+,13+,14-/m1/s1. The van der Waals surface area contributed by atoms with Crippen molar-refractivity contribution in [2.24, 2.45) is 17.8 Å². The van der Waals surface area contributed by atoms with Crippen LogP contribution in [0.3, 0.4) is 0 Å². The summed E-state index contributed by atoms with van der Waals surface area (Å²) in [6, 6.07) is 4.21. The molecule has 1 amide bonds. The number of carbonyl (C=O) groups excluding carboxylic acids is 1. The van der Waals surface area contributed by atoms with Gasteiger partial charge in [-0.3, -0.25) is 4.79 Å². The lowest BCUT2D eigenvalue weighted by molar-refractivity contribution is -0.141. The molecule has 25 heavy (non-hydrogen) atoms. The molecule has 2 heterocycles. The van der Waals surface area contributed by atoms with Crippen LogP contribution >= 0.6 is 0 Å². The van der Waals surface area contributed by atoms with Crippen LogP contribution in [0.1, 0.15) is 37.8 Å². The number of fused-ring (bicyclic) bond motifs is 2. The predicted octanol–water partition coefficient (Wildman–Crippen LogP) is 3.23. The molecule has 3 aliphatic rings. The molecule has 4 rings (SSSR count). The van der Waals surface area contributed by atoms with Gasteiger partial charge in [0.2, 0.25) is 5.91 Å². The lowest BCUT2D eigenvalue weighted by Gasteiger charge is -2.24. The van der Waals surface area contributed by atoms with Gasteiger partial charge in [-0.05, 0) is 49.7 Å². The fourth-order valence-corrected chi connectivity index (χ4v) is 4.66. The van der Waals surface area contributed by atoms with Gasteiger partial charge in [0.1, 0.15) is 11.5 Å². The van der Waals surface area contributed by atoms with E-state index < -0.39 is 11.9 Å². The first-order valence-corrected chi connectivity index (χ1v) is 9.00. The highest BCUT2D eigenvalue weighted by atomic mass is 19.4. The number of hydrogen-bond acceptors (Lipinski definition) is 3. The quantitative estimate of drug-likeness (QED) is 0.907. The van der Waals surface area contributed by atoms with Crippen molar-refractivity contribution < 1.29 is 18.0 Å². The highest BCUT2D eigenvalue weighted by molar-refractivity contribution is 5.80. The molecule has 4 atom stereocenters. The van der Waals surface area contributed by atoms with Crippen LogP contribution in [-0.2, 0) is 11.0 Å². The van der Waals surface area contributed by atoms with E-state index in [1.807, 2.05) is 0 Å². The third-order valence-electron chi connectivity index (χ3n) is 5.97. The van der Waals surface area contributed by atoms with E-state index in [4.69, 9.17) is 0 Å². The molecule has 0 spiro atoms. The molecule has 0 unspecified atom stereocenters. The third-order valence-corrected chi connectivity index (χ3v) is 5.97. The number of nitrogens with zero attached hydrogens (tertiary/aromatic N) is 2. The molecule has 2 saturated carbocycles. The van der Waals surface area contributed by atoms with Crippen LogP contribution in [0.4, 0.5) is 19.0 Å². The molecule has 1 N–H and O–H groups in total.